The predicted octanol–water partition coefficient (Wildman–Crippen LogP) is 3.02. The van der Waals surface area contributed by atoms with Gasteiger partial charge < -0.3 is 4.74 Å². The molecule has 0 fully saturated rings. The van der Waals surface area contributed by atoms with Crippen molar-refractivity contribution in [2.24, 2.45) is 0 Å². The van der Waals surface area contributed by atoms with Crippen LogP contribution in [0.1, 0.15) is 18.9 Å². The highest BCUT2D eigenvalue weighted by molar-refractivity contribution is 8.77. The first-order valence-electron chi connectivity index (χ1n) is 5.65. The summed E-state index contributed by atoms with van der Waals surface area (Å²) in [5.74, 6) is -0.115. The molecule has 0 aliphatic carbocycles. The van der Waals surface area contributed by atoms with Gasteiger partial charge in [-0.05, 0) is 19.1 Å². The van der Waals surface area contributed by atoms with Gasteiger partial charge in [0.25, 0.3) is 0 Å². The molecule has 19 heavy (non-hydrogen) atoms. The lowest BCUT2D eigenvalue weighted by Crippen LogP contribution is -2.04. The van der Waals surface area contributed by atoms with E-state index in [1.807, 2.05) is 6.92 Å². The first kappa shape index (κ1) is 16.4. The maximum atomic E-state index is 12.0. The van der Waals surface area contributed by atoms with Gasteiger partial charge in [0.05, 0.1) is 4.90 Å². The number of carbonyl (C=O) groups excluding carboxylic acids is 1. The van der Waals surface area contributed by atoms with Gasteiger partial charge in [0.15, 0.2) is 9.84 Å². The van der Waals surface area contributed by atoms with Gasteiger partial charge in [-0.15, -0.1) is 0 Å². The lowest BCUT2D eigenvalue weighted by molar-refractivity contribution is -0.140. The van der Waals surface area contributed by atoms with Gasteiger partial charge in [-0.2, -0.15) is 0 Å². The first-order chi connectivity index (χ1) is 8.95. The fraction of sp³-hybridized carbons (Fsp3) is 0.417. The second kappa shape index (κ2) is 7.81. The van der Waals surface area contributed by atoms with Crippen molar-refractivity contribution in [2.45, 2.75) is 25.2 Å². The van der Waals surface area contributed by atoms with Crippen LogP contribution < -0.4 is 0 Å². The molecule has 0 bridgehead atoms. The van der Waals surface area contributed by atoms with Crippen molar-refractivity contribution in [1.82, 2.24) is 0 Å². The number of ether oxygens (including phenoxy) is 1. The van der Waals surface area contributed by atoms with Crippen LogP contribution in [0.4, 0.5) is 0 Å². The van der Waals surface area contributed by atoms with Crippen molar-refractivity contribution >= 4 is 37.4 Å². The number of aryl methyl sites for hydroxylation is 1. The van der Waals surface area contributed by atoms with Crippen molar-refractivity contribution in [1.29, 1.82) is 0 Å². The molecule has 1 aromatic rings. The van der Waals surface area contributed by atoms with Gasteiger partial charge in [0.2, 0.25) is 0 Å². The topological polar surface area (TPSA) is 60.4 Å². The van der Waals surface area contributed by atoms with E-state index in [4.69, 9.17) is 4.74 Å². The van der Waals surface area contributed by atoms with Crippen LogP contribution >= 0.6 is 21.6 Å². The van der Waals surface area contributed by atoms with Crippen LogP contribution in [-0.4, -0.2) is 25.4 Å². The van der Waals surface area contributed by atoms with Crippen LogP contribution in [-0.2, 0) is 19.4 Å². The Morgan fingerprint density at radius 1 is 1.21 bits per heavy atom. The van der Waals surface area contributed by atoms with Crippen molar-refractivity contribution < 1.29 is 17.9 Å². The predicted molar refractivity (Wildman–Crippen MR) is 79.7 cm³/mol. The SMILES string of the molecule is CCC(=O)OCSSCS(=O)(=O)c1ccc(C)cc1. The summed E-state index contributed by atoms with van der Waals surface area (Å²) in [5, 5.41) is -0.0373. The first-order valence-corrected chi connectivity index (χ1v) is 9.79. The minimum absolute atomic E-state index is 0.0373. The molecular weight excluding hydrogens is 304 g/mol. The molecule has 106 valence electrons. The zero-order chi connectivity index (χ0) is 14.3. The summed E-state index contributed by atoms with van der Waals surface area (Å²) in [6.07, 6.45) is 0.326. The van der Waals surface area contributed by atoms with Crippen LogP contribution in [0, 0.1) is 6.92 Å². The molecule has 0 heterocycles. The molecular formula is C12H16O4S3. The summed E-state index contributed by atoms with van der Waals surface area (Å²) in [5.41, 5.74) is 1.02. The van der Waals surface area contributed by atoms with E-state index in [1.54, 1.807) is 31.2 Å². The minimum Gasteiger partial charge on any atom is -0.454 e. The highest BCUT2D eigenvalue weighted by atomic mass is 33.1. The van der Waals surface area contributed by atoms with Gasteiger partial charge in [0.1, 0.15) is 11.0 Å². The average Bonchev–Trinajstić information content (AvgIpc) is 2.38. The van der Waals surface area contributed by atoms with E-state index in [1.165, 1.54) is 10.8 Å². The average molecular weight is 320 g/mol. The molecule has 0 aliphatic rings. The Hall–Kier alpha value is -0.660. The van der Waals surface area contributed by atoms with Crippen LogP contribution in [0.15, 0.2) is 29.2 Å². The normalized spacial score (nSPS) is 11.3. The molecule has 0 N–H and O–H groups in total. The number of sulfone groups is 1. The minimum atomic E-state index is -3.28. The van der Waals surface area contributed by atoms with Crippen LogP contribution in [0.5, 0.6) is 0 Å². The zero-order valence-corrected chi connectivity index (χ0v) is 13.2. The molecule has 1 rings (SSSR count). The standard InChI is InChI=1S/C12H16O4S3/c1-3-12(13)16-8-17-18-9-19(14,15)11-6-4-10(2)5-7-11/h4-7H,3,8-9H2,1-2H3. The van der Waals surface area contributed by atoms with E-state index in [0.29, 0.717) is 11.3 Å². The Labute approximate surface area is 121 Å². The third kappa shape index (κ3) is 5.88. The number of hydrogen-bond donors (Lipinski definition) is 0. The third-order valence-electron chi connectivity index (χ3n) is 2.22. The summed E-state index contributed by atoms with van der Waals surface area (Å²) in [4.78, 5) is 11.2. The maximum Gasteiger partial charge on any atom is 0.306 e. The lowest BCUT2D eigenvalue weighted by Gasteiger charge is -2.05. The van der Waals surface area contributed by atoms with Gasteiger partial charge in [-0.25, -0.2) is 8.42 Å². The zero-order valence-electron chi connectivity index (χ0n) is 10.8. The lowest BCUT2D eigenvalue weighted by atomic mass is 10.2. The fourth-order valence-electron chi connectivity index (χ4n) is 1.14. The van der Waals surface area contributed by atoms with E-state index in [0.717, 1.165) is 16.4 Å². The molecule has 0 atom stereocenters. The van der Waals surface area contributed by atoms with E-state index in [-0.39, 0.29) is 17.0 Å². The van der Waals surface area contributed by atoms with Gasteiger partial charge in [-0.1, -0.05) is 46.2 Å². The van der Waals surface area contributed by atoms with Crippen LogP contribution in [0.25, 0.3) is 0 Å². The summed E-state index contributed by atoms with van der Waals surface area (Å²) in [7, 11) is -0.902. The molecule has 0 spiro atoms. The fourth-order valence-corrected chi connectivity index (χ4v) is 5.36. The summed E-state index contributed by atoms with van der Waals surface area (Å²) >= 11 is 0. The Kier molecular flexibility index (Phi) is 6.74. The van der Waals surface area contributed by atoms with Crippen molar-refractivity contribution in [2.75, 3.05) is 11.0 Å². The second-order valence-electron chi connectivity index (χ2n) is 3.77. The number of benzene rings is 1. The molecule has 0 saturated carbocycles. The highest BCUT2D eigenvalue weighted by Crippen LogP contribution is 2.26. The largest absolute Gasteiger partial charge is 0.454 e. The smallest absolute Gasteiger partial charge is 0.306 e. The molecule has 1 aromatic carbocycles. The van der Waals surface area contributed by atoms with Gasteiger partial charge in [-0.3, -0.25) is 4.79 Å². The number of hydrogen-bond acceptors (Lipinski definition) is 6. The Bertz CT molecular complexity index is 508. The second-order valence-corrected chi connectivity index (χ2v) is 8.53. The van der Waals surface area contributed by atoms with Crippen LogP contribution in [0.2, 0.25) is 0 Å². The number of esters is 1. The number of rotatable bonds is 7. The quantitative estimate of drug-likeness (QED) is 0.333. The molecule has 0 aromatic heterocycles. The Morgan fingerprint density at radius 3 is 2.42 bits per heavy atom. The molecule has 4 nitrogen and oxygen atoms in total. The Balaban J connectivity index is 2.39. The maximum absolute atomic E-state index is 12.0. The molecule has 0 radical (unpaired) electrons. The van der Waals surface area contributed by atoms with E-state index in [9.17, 15) is 13.2 Å². The molecule has 7 heteroatoms. The Morgan fingerprint density at radius 2 is 1.84 bits per heavy atom. The van der Waals surface area contributed by atoms with Crippen LogP contribution in [0.3, 0.4) is 0 Å². The summed E-state index contributed by atoms with van der Waals surface area (Å²) in [6, 6.07) is 6.75. The molecule has 0 saturated heterocycles. The summed E-state index contributed by atoms with van der Waals surface area (Å²) in [6.45, 7) is 3.62. The molecule has 0 unspecified atom stereocenters. The number of carbonyl (C=O) groups is 1. The summed E-state index contributed by atoms with van der Waals surface area (Å²) < 4.78 is 28.7. The van der Waals surface area contributed by atoms with E-state index >= 15 is 0 Å². The highest BCUT2D eigenvalue weighted by Gasteiger charge is 2.14. The van der Waals surface area contributed by atoms with Crippen molar-refractivity contribution in [3.63, 3.8) is 0 Å². The van der Waals surface area contributed by atoms with Gasteiger partial charge >= 0.3 is 5.97 Å². The van der Waals surface area contributed by atoms with E-state index < -0.39 is 9.84 Å². The van der Waals surface area contributed by atoms with Gasteiger partial charge in [0, 0.05) is 6.42 Å². The molecule has 0 amide bonds. The van der Waals surface area contributed by atoms with Crippen molar-refractivity contribution in [3.8, 4) is 0 Å². The van der Waals surface area contributed by atoms with Crippen molar-refractivity contribution in [3.05, 3.63) is 29.8 Å². The molecule has 0 aliphatic heterocycles. The van der Waals surface area contributed by atoms with E-state index in [2.05, 4.69) is 0 Å². The third-order valence-corrected chi connectivity index (χ3v) is 6.88. The monoisotopic (exact) mass is 320 g/mol.